The quantitative estimate of drug-likeness (QED) is 0.351. The van der Waals surface area contributed by atoms with Crippen molar-refractivity contribution < 1.29 is 14.3 Å². The predicted molar refractivity (Wildman–Crippen MR) is 130 cm³/mol. The molecule has 1 aromatic heterocycles. The molecular formula is C26H28ClN3O3. The van der Waals surface area contributed by atoms with Crippen molar-refractivity contribution in [1.29, 1.82) is 0 Å². The number of carbonyl (C=O) groups excluding carboxylic acids is 2. The number of esters is 1. The first-order chi connectivity index (χ1) is 15.9. The van der Waals surface area contributed by atoms with Gasteiger partial charge in [0, 0.05) is 17.7 Å². The van der Waals surface area contributed by atoms with Crippen LogP contribution in [0.15, 0.2) is 66.7 Å². The van der Waals surface area contributed by atoms with Crippen LogP contribution in [0, 0.1) is 6.92 Å². The van der Waals surface area contributed by atoms with Crippen LogP contribution >= 0.6 is 11.6 Å². The van der Waals surface area contributed by atoms with E-state index in [1.807, 2.05) is 62.4 Å². The molecule has 0 aliphatic rings. The van der Waals surface area contributed by atoms with Crippen molar-refractivity contribution in [2.75, 3.05) is 6.61 Å². The summed E-state index contributed by atoms with van der Waals surface area (Å²) in [6.45, 7) is 3.95. The minimum Gasteiger partial charge on any atom is -0.452 e. The van der Waals surface area contributed by atoms with E-state index in [1.165, 1.54) is 11.6 Å². The lowest BCUT2D eigenvalue weighted by molar-refractivity contribution is -0.144. The third-order valence-electron chi connectivity index (χ3n) is 5.13. The lowest BCUT2D eigenvalue weighted by Crippen LogP contribution is -2.36. The van der Waals surface area contributed by atoms with E-state index in [0.29, 0.717) is 23.0 Å². The molecule has 172 valence electrons. The number of benzene rings is 2. The van der Waals surface area contributed by atoms with Gasteiger partial charge in [-0.3, -0.25) is 4.79 Å². The summed E-state index contributed by atoms with van der Waals surface area (Å²) in [5.41, 5.74) is 3.63. The molecule has 7 heteroatoms. The van der Waals surface area contributed by atoms with E-state index >= 15 is 0 Å². The Balaban J connectivity index is 1.45. The van der Waals surface area contributed by atoms with Gasteiger partial charge in [0.2, 0.25) is 0 Å². The maximum absolute atomic E-state index is 12.1. The van der Waals surface area contributed by atoms with Gasteiger partial charge in [-0.25, -0.2) is 9.48 Å². The zero-order chi connectivity index (χ0) is 23.6. The number of aromatic nitrogens is 2. The van der Waals surface area contributed by atoms with E-state index in [0.717, 1.165) is 18.4 Å². The van der Waals surface area contributed by atoms with Crippen LogP contribution < -0.4 is 5.32 Å². The molecule has 0 aliphatic heterocycles. The highest BCUT2D eigenvalue weighted by molar-refractivity contribution is 6.31. The monoisotopic (exact) mass is 465 g/mol. The highest BCUT2D eigenvalue weighted by atomic mass is 35.5. The molecule has 0 saturated heterocycles. The first kappa shape index (κ1) is 24.3. The number of rotatable bonds is 10. The van der Waals surface area contributed by atoms with Crippen molar-refractivity contribution >= 4 is 29.6 Å². The van der Waals surface area contributed by atoms with Gasteiger partial charge in [0.1, 0.15) is 5.15 Å². The third-order valence-corrected chi connectivity index (χ3v) is 5.53. The van der Waals surface area contributed by atoms with Crippen LogP contribution in [0.5, 0.6) is 0 Å². The summed E-state index contributed by atoms with van der Waals surface area (Å²) >= 11 is 6.45. The van der Waals surface area contributed by atoms with Crippen molar-refractivity contribution in [3.8, 4) is 0 Å². The number of hydrogen-bond donors (Lipinski definition) is 1. The molecule has 2 aromatic carbocycles. The Bertz CT molecular complexity index is 1090. The van der Waals surface area contributed by atoms with Crippen LogP contribution in [-0.2, 0) is 27.3 Å². The number of carbonyl (C=O) groups is 2. The Morgan fingerprint density at radius 2 is 1.73 bits per heavy atom. The summed E-state index contributed by atoms with van der Waals surface area (Å²) in [4.78, 5) is 24.2. The lowest BCUT2D eigenvalue weighted by Gasteiger charge is -2.13. The molecule has 1 unspecified atom stereocenters. The van der Waals surface area contributed by atoms with Crippen LogP contribution in [0.3, 0.4) is 0 Å². The van der Waals surface area contributed by atoms with E-state index in [-0.39, 0.29) is 18.6 Å². The van der Waals surface area contributed by atoms with Crippen LogP contribution in [0.4, 0.5) is 0 Å². The van der Waals surface area contributed by atoms with Gasteiger partial charge in [0.05, 0.1) is 12.2 Å². The van der Waals surface area contributed by atoms with E-state index in [9.17, 15) is 9.59 Å². The zero-order valence-electron chi connectivity index (χ0n) is 18.8. The molecule has 0 saturated carbocycles. The van der Waals surface area contributed by atoms with Gasteiger partial charge in [-0.05, 0) is 43.9 Å². The topological polar surface area (TPSA) is 73.2 Å². The summed E-state index contributed by atoms with van der Waals surface area (Å²) < 4.78 is 6.75. The average Bonchev–Trinajstić information content (AvgIpc) is 3.08. The summed E-state index contributed by atoms with van der Waals surface area (Å²) in [5.74, 6) is -0.949. The van der Waals surface area contributed by atoms with Crippen molar-refractivity contribution in [2.24, 2.45) is 0 Å². The number of nitrogens with one attached hydrogen (secondary N) is 1. The molecule has 1 N–H and O–H groups in total. The normalized spacial score (nSPS) is 12.0. The lowest BCUT2D eigenvalue weighted by atomic mass is 10.1. The first-order valence-electron chi connectivity index (χ1n) is 10.9. The fraction of sp³-hybridized carbons (Fsp3) is 0.269. The largest absolute Gasteiger partial charge is 0.452 e. The predicted octanol–water partition coefficient (Wildman–Crippen LogP) is 4.59. The number of halogens is 1. The second-order valence-corrected chi connectivity index (χ2v) is 8.23. The van der Waals surface area contributed by atoms with Crippen LogP contribution in [0.2, 0.25) is 5.15 Å². The van der Waals surface area contributed by atoms with Crippen molar-refractivity contribution in [3.05, 3.63) is 94.3 Å². The molecule has 6 nitrogen and oxygen atoms in total. The van der Waals surface area contributed by atoms with E-state index in [1.54, 1.807) is 10.8 Å². The Kier molecular flexibility index (Phi) is 8.84. The van der Waals surface area contributed by atoms with Gasteiger partial charge in [0.25, 0.3) is 5.91 Å². The number of amides is 1. The SMILES string of the molecule is Cc1nn(Cc2ccccc2)c(Cl)c1C=CC(=O)OCC(=O)NC(C)CCc1ccccc1. The molecule has 1 amide bonds. The molecular weight excluding hydrogens is 438 g/mol. The molecule has 0 bridgehead atoms. The molecule has 1 atom stereocenters. The molecule has 0 radical (unpaired) electrons. The van der Waals surface area contributed by atoms with Crippen molar-refractivity contribution in [3.63, 3.8) is 0 Å². The standard InChI is InChI=1S/C26H28ClN3O3/c1-19(13-14-21-9-5-3-6-10-21)28-24(31)18-33-25(32)16-15-23-20(2)29-30(26(23)27)17-22-11-7-4-8-12-22/h3-12,15-16,19H,13-14,17-18H2,1-2H3,(H,28,31). The van der Waals surface area contributed by atoms with Crippen LogP contribution in [0.1, 0.15) is 35.7 Å². The number of hydrogen-bond acceptors (Lipinski definition) is 4. The van der Waals surface area contributed by atoms with E-state index in [4.69, 9.17) is 16.3 Å². The fourth-order valence-electron chi connectivity index (χ4n) is 3.37. The van der Waals surface area contributed by atoms with E-state index in [2.05, 4.69) is 22.5 Å². The summed E-state index contributed by atoms with van der Waals surface area (Å²) in [7, 11) is 0. The number of aryl methyl sites for hydroxylation is 2. The van der Waals surface area contributed by atoms with Crippen LogP contribution in [0.25, 0.3) is 6.08 Å². The molecule has 3 rings (SSSR count). The number of nitrogens with zero attached hydrogens (tertiary/aromatic N) is 2. The summed E-state index contributed by atoms with van der Waals surface area (Å²) in [6, 6.07) is 19.9. The molecule has 0 fully saturated rings. The van der Waals surface area contributed by atoms with Gasteiger partial charge in [-0.2, -0.15) is 5.10 Å². The smallest absolute Gasteiger partial charge is 0.331 e. The molecule has 0 aliphatic carbocycles. The summed E-state index contributed by atoms with van der Waals surface area (Å²) in [6.07, 6.45) is 4.49. The Labute approximate surface area is 199 Å². The Morgan fingerprint density at radius 3 is 2.39 bits per heavy atom. The molecule has 1 heterocycles. The van der Waals surface area contributed by atoms with Crippen LogP contribution in [-0.4, -0.2) is 34.3 Å². The van der Waals surface area contributed by atoms with Gasteiger partial charge >= 0.3 is 5.97 Å². The highest BCUT2D eigenvalue weighted by Crippen LogP contribution is 2.22. The van der Waals surface area contributed by atoms with Gasteiger partial charge in [0.15, 0.2) is 6.61 Å². The summed E-state index contributed by atoms with van der Waals surface area (Å²) in [5, 5.41) is 7.73. The Hall–Kier alpha value is -3.38. The molecule has 33 heavy (non-hydrogen) atoms. The fourth-order valence-corrected chi connectivity index (χ4v) is 3.67. The second-order valence-electron chi connectivity index (χ2n) is 7.87. The van der Waals surface area contributed by atoms with E-state index < -0.39 is 5.97 Å². The minimum absolute atomic E-state index is 0.0242. The zero-order valence-corrected chi connectivity index (χ0v) is 19.6. The second kappa shape index (κ2) is 12.0. The number of ether oxygens (including phenoxy) is 1. The maximum atomic E-state index is 12.1. The van der Waals surface area contributed by atoms with Gasteiger partial charge < -0.3 is 10.1 Å². The minimum atomic E-state index is -0.617. The van der Waals surface area contributed by atoms with Crippen molar-refractivity contribution in [1.82, 2.24) is 15.1 Å². The molecule has 3 aromatic rings. The highest BCUT2D eigenvalue weighted by Gasteiger charge is 2.13. The Morgan fingerprint density at radius 1 is 1.09 bits per heavy atom. The van der Waals surface area contributed by atoms with Gasteiger partial charge in [-0.1, -0.05) is 72.3 Å². The first-order valence-corrected chi connectivity index (χ1v) is 11.2. The van der Waals surface area contributed by atoms with Gasteiger partial charge in [-0.15, -0.1) is 0 Å². The molecule has 0 spiro atoms. The van der Waals surface area contributed by atoms with Crippen molar-refractivity contribution in [2.45, 2.75) is 39.3 Å². The maximum Gasteiger partial charge on any atom is 0.331 e. The third kappa shape index (κ3) is 7.61. The average molecular weight is 466 g/mol.